The largest absolute Gasteiger partial charge is 0.456 e. The Kier molecular flexibility index (Phi) is 15.7. The summed E-state index contributed by atoms with van der Waals surface area (Å²) in [6, 6.07) is 12.6. The van der Waals surface area contributed by atoms with Gasteiger partial charge in [0.05, 0.1) is 27.4 Å². The third-order valence-corrected chi connectivity index (χ3v) is 16.8. The molecule has 2 heterocycles. The van der Waals surface area contributed by atoms with Crippen LogP contribution in [0.4, 0.5) is 5.69 Å². The number of rotatable bonds is 18. The Morgan fingerprint density at radius 3 is 1.75 bits per heavy atom. The van der Waals surface area contributed by atoms with Crippen LogP contribution in [-0.4, -0.2) is 125 Å². The van der Waals surface area contributed by atoms with Crippen molar-refractivity contribution in [3.05, 3.63) is 107 Å². The lowest BCUT2D eigenvalue weighted by molar-refractivity contribution is -0.197. The highest BCUT2D eigenvalue weighted by atomic mass is 32.2. The highest BCUT2D eigenvalue weighted by Gasteiger charge is 2.34. The molecule has 0 radical (unpaired) electrons. The smallest absolute Gasteiger partial charge is 0.333 e. The van der Waals surface area contributed by atoms with Gasteiger partial charge in [-0.2, -0.15) is 50.5 Å². The summed E-state index contributed by atoms with van der Waals surface area (Å²) in [6.07, 6.45) is -0.819. The van der Waals surface area contributed by atoms with Crippen LogP contribution in [0.15, 0.2) is 124 Å². The van der Waals surface area contributed by atoms with Gasteiger partial charge in [-0.05, 0) is 65.6 Å². The van der Waals surface area contributed by atoms with Gasteiger partial charge in [-0.15, -0.1) is 5.06 Å². The number of amides is 3. The minimum absolute atomic E-state index is 0.0974. The number of anilines is 1. The van der Waals surface area contributed by atoms with Crippen LogP contribution < -0.4 is 10.7 Å². The molecule has 0 atom stereocenters. The molecule has 7 N–H and O–H groups in total. The summed E-state index contributed by atoms with van der Waals surface area (Å²) in [5, 5.41) is 1.83. The number of benzene rings is 5. The fourth-order valence-corrected chi connectivity index (χ4v) is 11.9. The van der Waals surface area contributed by atoms with E-state index in [-0.39, 0.29) is 53.4 Å². The summed E-state index contributed by atoms with van der Waals surface area (Å²) < 4.78 is 216. The Morgan fingerprint density at radius 2 is 1.19 bits per heavy atom. The average Bonchev–Trinajstić information content (AvgIpc) is 3.64. The van der Waals surface area contributed by atoms with Crippen molar-refractivity contribution in [3.8, 4) is 22.5 Å². The van der Waals surface area contributed by atoms with Crippen molar-refractivity contribution >= 4 is 101 Å². The minimum Gasteiger partial charge on any atom is -0.456 e. The zero-order valence-corrected chi connectivity index (χ0v) is 43.8. The molecule has 0 aromatic heterocycles. The van der Waals surface area contributed by atoms with Crippen molar-refractivity contribution in [1.82, 2.24) is 9.96 Å². The van der Waals surface area contributed by atoms with Gasteiger partial charge in [0, 0.05) is 73.6 Å². The molecule has 1 fully saturated rings. The van der Waals surface area contributed by atoms with Crippen LogP contribution in [0.5, 0.6) is 0 Å². The Bertz CT molecular complexity index is 4240. The van der Waals surface area contributed by atoms with Crippen molar-refractivity contribution in [2.24, 2.45) is 4.99 Å². The number of fused-ring (bicyclic) bond motifs is 2. The maximum atomic E-state index is 14.4. The topological polar surface area (TPSA) is 448 Å². The number of carbonyl (C=O) groups excluding carboxylic acids is 4. The Hall–Kier alpha value is -7.09. The molecule has 1 saturated heterocycles. The van der Waals surface area contributed by atoms with Crippen molar-refractivity contribution < 1.29 is 106 Å². The quantitative estimate of drug-likeness (QED) is 0.0369. The zero-order chi connectivity index (χ0) is 57.0. The van der Waals surface area contributed by atoms with Crippen molar-refractivity contribution in [1.29, 1.82) is 0 Å². The van der Waals surface area contributed by atoms with Crippen molar-refractivity contribution in [2.75, 3.05) is 18.9 Å². The first-order chi connectivity index (χ1) is 35.5. The summed E-state index contributed by atoms with van der Waals surface area (Å²) in [6.45, 7) is -1.89. The van der Waals surface area contributed by atoms with Crippen molar-refractivity contribution in [2.45, 2.75) is 68.1 Å². The predicted octanol–water partition coefficient (Wildman–Crippen LogP) is 2.86. The van der Waals surface area contributed by atoms with E-state index in [1.165, 1.54) is 31.3 Å². The normalized spacial score (nSPS) is 14.1. The van der Waals surface area contributed by atoms with Gasteiger partial charge in [0.2, 0.25) is 0 Å². The van der Waals surface area contributed by atoms with Gasteiger partial charge >= 0.3 is 5.97 Å². The SMILES string of the molecule is CN(CCCC(=O)ON1C(=O)CCC1=O)C(=O)c1ccccc1-c1c2cc(S(=O)(=O)O)c(=NCc3ccc(S(=O)(=O)O)cc3S(=O)(=O)O)cc-2oc2cc(NCc3ccc(S(=O)(=O)O)cc3S(=O)(=O)O)c(S(=O)(=O)O)cc12. The Balaban J connectivity index is 1.44. The molecule has 410 valence electrons. The number of nitrogens with one attached hydrogen (secondary N) is 1. The van der Waals surface area contributed by atoms with Gasteiger partial charge in [0.25, 0.3) is 78.4 Å². The molecule has 0 spiro atoms. The molecule has 0 bridgehead atoms. The van der Waals surface area contributed by atoms with Crippen molar-refractivity contribution in [3.63, 3.8) is 0 Å². The molecular weight excluding hydrogens is 1150 g/mol. The van der Waals surface area contributed by atoms with E-state index in [2.05, 4.69) is 10.3 Å². The van der Waals surface area contributed by atoms with Gasteiger partial charge in [-0.1, -0.05) is 30.3 Å². The first-order valence-corrected chi connectivity index (χ1v) is 30.0. The van der Waals surface area contributed by atoms with E-state index in [9.17, 15) is 97.0 Å². The molecule has 7 rings (SSSR count). The van der Waals surface area contributed by atoms with Crippen LogP contribution in [0.25, 0.3) is 33.4 Å². The molecule has 3 amide bonds. The highest BCUT2D eigenvalue weighted by Crippen LogP contribution is 2.44. The molecule has 0 unspecified atom stereocenters. The predicted molar refractivity (Wildman–Crippen MR) is 260 cm³/mol. The molecular formula is C43H38N4O24S6. The standard InChI is InChI=1S/C43H38N4O24S6/c1-46(14-4-7-41(50)71-47-39(48)12-13-40(47)49)43(51)28-6-3-2-5-27(28)42-29-17-37(76(64,65)66)31(44-21-23-8-10-25(72(52,53)54)15-35(23)74(58,59)60)19-33(29)70-34-20-32(38(18-30(34)42)77(67,68)69)45-22-24-9-11-26(73(55,56)57)16-36(24)75(61,62)63/h2-3,5-6,8-11,15-20,44H,4,7,12-14,21-22H2,1H3,(H,52,53,54)(H,55,56,57)(H,58,59,60)(H,61,62,63)(H,64,65,66)(H,67,68,69). The zero-order valence-electron chi connectivity index (χ0n) is 38.9. The number of nitrogens with zero attached hydrogens (tertiary/aromatic N) is 3. The number of hydrogen-bond acceptors (Lipinski definition) is 20. The summed E-state index contributed by atoms with van der Waals surface area (Å²) in [7, 11) is -30.2. The number of hydrogen-bond donors (Lipinski definition) is 7. The average molecular weight is 1190 g/mol. The van der Waals surface area contributed by atoms with Crippen LogP contribution in [0, 0.1) is 0 Å². The van der Waals surface area contributed by atoms with E-state index in [1.54, 1.807) is 0 Å². The Labute approximate surface area is 436 Å². The van der Waals surface area contributed by atoms with Crippen LogP contribution in [0.3, 0.4) is 0 Å². The molecule has 0 saturated carbocycles. The summed E-state index contributed by atoms with van der Waals surface area (Å²) in [5.41, 5.74) is -2.88. The van der Waals surface area contributed by atoms with E-state index >= 15 is 0 Å². The molecule has 4 aromatic rings. The second kappa shape index (κ2) is 21.0. The summed E-state index contributed by atoms with van der Waals surface area (Å²) in [5.74, 6) is -3.66. The van der Waals surface area contributed by atoms with Crippen LogP contribution in [0.1, 0.15) is 47.2 Å². The maximum absolute atomic E-state index is 14.4. The monoisotopic (exact) mass is 1190 g/mol. The first kappa shape index (κ1) is 57.6. The lowest BCUT2D eigenvalue weighted by atomic mass is 9.90. The number of carbonyl (C=O) groups is 4. The van der Waals surface area contributed by atoms with E-state index in [1.807, 2.05) is 0 Å². The van der Waals surface area contributed by atoms with Crippen LogP contribution >= 0.6 is 0 Å². The van der Waals surface area contributed by atoms with Gasteiger partial charge in [0.15, 0.2) is 0 Å². The first-order valence-electron chi connectivity index (χ1n) is 21.4. The van der Waals surface area contributed by atoms with E-state index in [4.69, 9.17) is 9.25 Å². The Morgan fingerprint density at radius 1 is 0.649 bits per heavy atom. The van der Waals surface area contributed by atoms with Crippen LogP contribution in [0.2, 0.25) is 0 Å². The van der Waals surface area contributed by atoms with Gasteiger partial charge < -0.3 is 19.5 Å². The van der Waals surface area contributed by atoms with Gasteiger partial charge in [0.1, 0.15) is 30.9 Å². The van der Waals surface area contributed by atoms with Gasteiger partial charge in [-0.3, -0.25) is 46.7 Å². The molecule has 4 aromatic carbocycles. The fourth-order valence-electron chi connectivity index (χ4n) is 7.87. The molecule has 28 nitrogen and oxygen atoms in total. The molecule has 2 aliphatic heterocycles. The fraction of sp³-hybridized carbons (Fsp3) is 0.186. The molecule has 1 aliphatic carbocycles. The third kappa shape index (κ3) is 12.9. The maximum Gasteiger partial charge on any atom is 0.333 e. The molecule has 3 aliphatic rings. The van der Waals surface area contributed by atoms with E-state index in [0.29, 0.717) is 17.2 Å². The third-order valence-electron chi connectivity index (χ3n) is 11.4. The minimum atomic E-state index is -5.44. The van der Waals surface area contributed by atoms with E-state index < -0.39 is 167 Å². The molecule has 77 heavy (non-hydrogen) atoms. The second-order valence-corrected chi connectivity index (χ2v) is 25.0. The lowest BCUT2D eigenvalue weighted by Crippen LogP contribution is -2.32. The summed E-state index contributed by atoms with van der Waals surface area (Å²) in [4.78, 5) is 54.7. The number of hydroxylamine groups is 2. The number of imide groups is 1. The molecule has 34 heteroatoms. The summed E-state index contributed by atoms with van der Waals surface area (Å²) >= 11 is 0. The van der Waals surface area contributed by atoms with Crippen LogP contribution in [-0.2, 0) is 93.0 Å². The highest BCUT2D eigenvalue weighted by molar-refractivity contribution is 7.87. The second-order valence-electron chi connectivity index (χ2n) is 16.6. The van der Waals surface area contributed by atoms with E-state index in [0.717, 1.165) is 53.4 Å². The lowest BCUT2D eigenvalue weighted by Gasteiger charge is -2.22. The van der Waals surface area contributed by atoms with Gasteiger partial charge in [-0.25, -0.2) is 4.79 Å².